The zero-order valence-electron chi connectivity index (χ0n) is 21.9. The largest absolute Gasteiger partial charge is 0.496 e. The highest BCUT2D eigenvalue weighted by Crippen LogP contribution is 2.53. The Morgan fingerprint density at radius 3 is 2.26 bits per heavy atom. The van der Waals surface area contributed by atoms with Gasteiger partial charge in [0.2, 0.25) is 5.91 Å². The van der Waals surface area contributed by atoms with Crippen molar-refractivity contribution in [2.75, 3.05) is 12.4 Å². The number of benzene rings is 3. The van der Waals surface area contributed by atoms with E-state index in [1.165, 1.54) is 7.11 Å². The molecule has 0 radical (unpaired) electrons. The molecular weight excluding hydrogens is 586 g/mol. The minimum atomic E-state index is -4.98. The number of amides is 2. The number of anilines is 1. The molecule has 5 nitrogen and oxygen atoms in total. The second-order valence-electron chi connectivity index (χ2n) is 10.2. The van der Waals surface area contributed by atoms with Crippen molar-refractivity contribution in [3.63, 3.8) is 0 Å². The molecule has 4 atom stereocenters. The molecule has 2 aliphatic rings. The van der Waals surface area contributed by atoms with Gasteiger partial charge in [0.15, 0.2) is 11.6 Å². The Kier molecular flexibility index (Phi) is 7.98. The van der Waals surface area contributed by atoms with Gasteiger partial charge in [0.1, 0.15) is 11.6 Å². The number of halogens is 7. The highest BCUT2D eigenvalue weighted by Gasteiger charge is 2.54. The molecule has 0 aromatic heterocycles. The Labute approximate surface area is 241 Å². The van der Waals surface area contributed by atoms with Gasteiger partial charge in [-0.2, -0.15) is 13.2 Å². The maximum atomic E-state index is 14.0. The van der Waals surface area contributed by atoms with Crippen LogP contribution in [0.2, 0.25) is 5.02 Å². The number of carbonyl (C=O) groups excluding carboxylic acids is 2. The first-order chi connectivity index (χ1) is 19.9. The van der Waals surface area contributed by atoms with Gasteiger partial charge < -0.3 is 15.4 Å². The molecule has 3 aromatic rings. The lowest BCUT2D eigenvalue weighted by atomic mass is 9.83. The summed E-state index contributed by atoms with van der Waals surface area (Å²) in [6, 6.07) is 9.63. The van der Waals surface area contributed by atoms with Crippen molar-refractivity contribution in [3.05, 3.63) is 99.3 Å². The summed E-state index contributed by atoms with van der Waals surface area (Å²) < 4.78 is 86.5. The summed E-state index contributed by atoms with van der Waals surface area (Å²) in [4.78, 5) is 27.0. The summed E-state index contributed by atoms with van der Waals surface area (Å²) in [6.45, 7) is 0. The van der Waals surface area contributed by atoms with Crippen molar-refractivity contribution in [2.45, 2.75) is 25.1 Å². The zero-order chi connectivity index (χ0) is 30.3. The van der Waals surface area contributed by atoms with Gasteiger partial charge in [-0.15, -0.1) is 0 Å². The van der Waals surface area contributed by atoms with Gasteiger partial charge in [-0.1, -0.05) is 35.4 Å². The minimum Gasteiger partial charge on any atom is -0.496 e. The molecule has 2 aliphatic carbocycles. The van der Waals surface area contributed by atoms with Crippen LogP contribution in [0, 0.1) is 35.2 Å². The van der Waals surface area contributed by atoms with Crippen molar-refractivity contribution < 1.29 is 40.7 Å². The number of nitrogens with one attached hydrogen (secondary N) is 2. The molecule has 12 heteroatoms. The van der Waals surface area contributed by atoms with Gasteiger partial charge >= 0.3 is 6.18 Å². The molecule has 220 valence electrons. The molecule has 2 fully saturated rings. The monoisotopic (exact) mass is 608 g/mol. The first kappa shape index (κ1) is 29.5. The van der Waals surface area contributed by atoms with Gasteiger partial charge in [-0.3, -0.25) is 9.59 Å². The molecular formula is C30H23ClF6N2O3. The van der Waals surface area contributed by atoms with Crippen molar-refractivity contribution in [3.8, 4) is 5.75 Å². The highest BCUT2D eigenvalue weighted by molar-refractivity contribution is 6.30. The molecule has 0 spiro atoms. The number of methoxy groups -OCH3 is 1. The number of hydrogen-bond acceptors (Lipinski definition) is 3. The maximum absolute atomic E-state index is 14.0. The summed E-state index contributed by atoms with van der Waals surface area (Å²) in [5.41, 5.74) is -0.475. The normalized spacial score (nSPS) is 22.3. The van der Waals surface area contributed by atoms with Crippen molar-refractivity contribution in [2.24, 2.45) is 17.8 Å². The van der Waals surface area contributed by atoms with Crippen LogP contribution in [0.25, 0.3) is 6.08 Å². The molecule has 0 heterocycles. The van der Waals surface area contributed by atoms with E-state index in [1.807, 2.05) is 6.08 Å². The molecule has 0 aliphatic heterocycles. The molecule has 2 saturated carbocycles. The standard InChI is InChI=1S/C30H23ClF6N2O3/c1-42-25-13-24(34)23(33)12-20(25)28(40)39-27-18-8-7-17(19(18)10-14-2-4-15(31)5-3-14)26(27)29(41)38-16-6-9-22(32)21(11-16)30(35,36)37/h2-6,9-13,17-18,26-27H,7-8H2,1H3,(H,38,41)(H,39,40)/b19-10-/t17?,18?,26-,27+/m0/s1. The number of rotatable bonds is 6. The quantitative estimate of drug-likeness (QED) is 0.290. The van der Waals surface area contributed by atoms with E-state index in [0.29, 0.717) is 36.1 Å². The number of alkyl halides is 3. The van der Waals surface area contributed by atoms with E-state index < -0.39 is 58.9 Å². The van der Waals surface area contributed by atoms with Crippen LogP contribution in [0.4, 0.5) is 32.0 Å². The predicted molar refractivity (Wildman–Crippen MR) is 143 cm³/mol. The van der Waals surface area contributed by atoms with E-state index in [9.17, 15) is 35.9 Å². The molecule has 3 aromatic carbocycles. The second kappa shape index (κ2) is 11.4. The molecule has 0 saturated heterocycles. The second-order valence-corrected chi connectivity index (χ2v) is 10.6. The lowest BCUT2D eigenvalue weighted by Crippen LogP contribution is -2.48. The number of fused-ring (bicyclic) bond motifs is 2. The van der Waals surface area contributed by atoms with Crippen LogP contribution in [-0.4, -0.2) is 25.0 Å². The van der Waals surface area contributed by atoms with Crippen LogP contribution in [-0.2, 0) is 11.0 Å². The number of ether oxygens (including phenoxy) is 1. The van der Waals surface area contributed by atoms with E-state index in [-0.39, 0.29) is 22.9 Å². The lowest BCUT2D eigenvalue weighted by molar-refractivity contribution is -0.140. The van der Waals surface area contributed by atoms with Crippen molar-refractivity contribution in [1.29, 1.82) is 0 Å². The van der Waals surface area contributed by atoms with Crippen LogP contribution in [0.5, 0.6) is 5.75 Å². The Morgan fingerprint density at radius 2 is 1.60 bits per heavy atom. The Balaban J connectivity index is 1.50. The SMILES string of the molecule is COc1cc(F)c(F)cc1C(=O)N[C@@H]1C2CCC(/C2=C/c2ccc(Cl)cc2)[C@@H]1C(=O)Nc1ccc(F)c(C(F)(F)F)c1. The predicted octanol–water partition coefficient (Wildman–Crippen LogP) is 7.26. The van der Waals surface area contributed by atoms with Crippen molar-refractivity contribution in [1.82, 2.24) is 5.32 Å². The summed E-state index contributed by atoms with van der Waals surface area (Å²) in [5.74, 6) is -7.40. The minimum absolute atomic E-state index is 0.224. The topological polar surface area (TPSA) is 67.4 Å². The van der Waals surface area contributed by atoms with Crippen LogP contribution < -0.4 is 15.4 Å². The molecule has 5 rings (SSSR count). The fraction of sp³-hybridized carbons (Fsp3) is 0.267. The van der Waals surface area contributed by atoms with E-state index in [0.717, 1.165) is 23.3 Å². The average molecular weight is 609 g/mol. The summed E-state index contributed by atoms with van der Waals surface area (Å²) in [5, 5.41) is 5.73. The van der Waals surface area contributed by atoms with E-state index in [4.69, 9.17) is 16.3 Å². The van der Waals surface area contributed by atoms with Crippen LogP contribution in [0.15, 0.2) is 60.2 Å². The Bertz CT molecular complexity index is 1570. The number of hydrogen-bond donors (Lipinski definition) is 2. The fourth-order valence-electron chi connectivity index (χ4n) is 5.89. The molecule has 2 N–H and O–H groups in total. The summed E-state index contributed by atoms with van der Waals surface area (Å²) in [6.07, 6.45) is -1.96. The van der Waals surface area contributed by atoms with Gasteiger partial charge in [0.05, 0.1) is 24.2 Å². The Morgan fingerprint density at radius 1 is 0.929 bits per heavy atom. The van der Waals surface area contributed by atoms with E-state index in [2.05, 4.69) is 10.6 Å². The van der Waals surface area contributed by atoms with Gasteiger partial charge in [-0.05, 0) is 60.7 Å². The van der Waals surface area contributed by atoms with E-state index >= 15 is 0 Å². The lowest BCUT2D eigenvalue weighted by Gasteiger charge is -2.30. The van der Waals surface area contributed by atoms with Crippen LogP contribution >= 0.6 is 11.6 Å². The van der Waals surface area contributed by atoms with Crippen molar-refractivity contribution >= 4 is 35.2 Å². The number of carbonyl (C=O) groups is 2. The zero-order valence-corrected chi connectivity index (χ0v) is 22.6. The fourth-order valence-corrected chi connectivity index (χ4v) is 6.02. The van der Waals surface area contributed by atoms with Crippen LogP contribution in [0.3, 0.4) is 0 Å². The third-order valence-electron chi connectivity index (χ3n) is 7.73. The Hall–Kier alpha value is -3.99. The molecule has 2 amide bonds. The van der Waals surface area contributed by atoms with Gasteiger partial charge in [0.25, 0.3) is 5.91 Å². The first-order valence-corrected chi connectivity index (χ1v) is 13.2. The summed E-state index contributed by atoms with van der Waals surface area (Å²) in [7, 11) is 1.18. The van der Waals surface area contributed by atoms with Gasteiger partial charge in [-0.25, -0.2) is 13.2 Å². The molecule has 2 unspecified atom stereocenters. The third kappa shape index (κ3) is 5.70. The average Bonchev–Trinajstić information content (AvgIpc) is 3.46. The maximum Gasteiger partial charge on any atom is 0.419 e. The van der Waals surface area contributed by atoms with Gasteiger partial charge in [0, 0.05) is 28.7 Å². The first-order valence-electron chi connectivity index (χ1n) is 12.9. The smallest absolute Gasteiger partial charge is 0.419 e. The summed E-state index contributed by atoms with van der Waals surface area (Å²) >= 11 is 6.00. The highest BCUT2D eigenvalue weighted by atomic mass is 35.5. The molecule has 2 bridgehead atoms. The van der Waals surface area contributed by atoms with E-state index in [1.54, 1.807) is 24.3 Å². The third-order valence-corrected chi connectivity index (χ3v) is 7.98. The molecule has 42 heavy (non-hydrogen) atoms. The van der Waals surface area contributed by atoms with Crippen LogP contribution in [0.1, 0.15) is 34.3 Å².